The van der Waals surface area contributed by atoms with E-state index < -0.39 is 22.3 Å². The average Bonchev–Trinajstić information content (AvgIpc) is 3.11. The third-order valence-corrected chi connectivity index (χ3v) is 4.98. The van der Waals surface area contributed by atoms with Gasteiger partial charge in [0.05, 0.1) is 11.8 Å². The van der Waals surface area contributed by atoms with E-state index in [-0.39, 0.29) is 37.7 Å². The highest BCUT2D eigenvalue weighted by Crippen LogP contribution is 2.31. The van der Waals surface area contributed by atoms with Crippen molar-refractivity contribution in [2.24, 2.45) is 11.8 Å². The monoisotopic (exact) mass is 368 g/mol. The fraction of sp³-hybridized carbons (Fsp3) is 0.375. The first-order valence-electron chi connectivity index (χ1n) is 7.46. The molecule has 0 aliphatic carbocycles. The van der Waals surface area contributed by atoms with Gasteiger partial charge in [0, 0.05) is 37.3 Å². The van der Waals surface area contributed by atoms with Crippen LogP contribution in [0.5, 0.6) is 0 Å². The van der Waals surface area contributed by atoms with Crippen LogP contribution in [0.2, 0.25) is 0 Å². The van der Waals surface area contributed by atoms with Crippen LogP contribution in [0.4, 0.5) is 11.4 Å². The zero-order valence-electron chi connectivity index (χ0n) is 12.6. The van der Waals surface area contributed by atoms with Gasteiger partial charge in [-0.3, -0.25) is 19.2 Å². The third-order valence-electron chi connectivity index (χ3n) is 4.37. The number of hydrogen-bond acceptors (Lipinski definition) is 4. The van der Waals surface area contributed by atoms with Crippen molar-refractivity contribution in [1.82, 2.24) is 0 Å². The summed E-state index contributed by atoms with van der Waals surface area (Å²) in [7, 11) is 0. The number of benzene rings is 1. The fourth-order valence-electron chi connectivity index (χ4n) is 3.03. The Bertz CT molecular complexity index is 658. The smallest absolute Gasteiger partial charge is 0.227 e. The van der Waals surface area contributed by atoms with Crippen LogP contribution in [0.1, 0.15) is 12.8 Å². The van der Waals surface area contributed by atoms with Gasteiger partial charge in [-0.05, 0) is 47.5 Å². The van der Waals surface area contributed by atoms with E-state index in [2.05, 4.69) is 0 Å². The molecule has 0 aromatic heterocycles. The number of rotatable bonds is 4. The highest BCUT2D eigenvalue weighted by molar-refractivity contribution is 6.64. The molecule has 6 nitrogen and oxygen atoms in total. The minimum absolute atomic E-state index is 0.105. The van der Waals surface area contributed by atoms with Crippen molar-refractivity contribution >= 4 is 56.9 Å². The number of carbonyl (C=O) groups is 4. The normalized spacial score (nSPS) is 23.9. The molecule has 2 saturated heterocycles. The quantitative estimate of drug-likeness (QED) is 0.760. The minimum Gasteiger partial charge on any atom is -0.312 e. The Morgan fingerprint density at radius 2 is 1.12 bits per heavy atom. The Morgan fingerprint density at radius 1 is 0.792 bits per heavy atom. The van der Waals surface area contributed by atoms with Gasteiger partial charge in [-0.1, -0.05) is 0 Å². The van der Waals surface area contributed by atoms with Crippen LogP contribution in [0.15, 0.2) is 24.3 Å². The molecule has 126 valence electrons. The summed E-state index contributed by atoms with van der Waals surface area (Å²) in [4.78, 5) is 49.5. The van der Waals surface area contributed by atoms with E-state index in [4.69, 9.17) is 23.2 Å². The van der Waals surface area contributed by atoms with Crippen LogP contribution in [0.25, 0.3) is 0 Å². The van der Waals surface area contributed by atoms with Gasteiger partial charge in [0.15, 0.2) is 0 Å². The number of carbonyl (C=O) groups excluding carboxylic acids is 4. The van der Waals surface area contributed by atoms with Gasteiger partial charge in [-0.15, -0.1) is 0 Å². The summed E-state index contributed by atoms with van der Waals surface area (Å²) in [6, 6.07) is 6.82. The molecule has 24 heavy (non-hydrogen) atoms. The number of anilines is 2. The zero-order valence-corrected chi connectivity index (χ0v) is 14.1. The summed E-state index contributed by atoms with van der Waals surface area (Å²) >= 11 is 10.9. The van der Waals surface area contributed by atoms with Gasteiger partial charge < -0.3 is 9.80 Å². The Hall–Kier alpha value is -1.92. The second-order valence-corrected chi connectivity index (χ2v) is 6.68. The molecule has 2 amide bonds. The van der Waals surface area contributed by atoms with Crippen LogP contribution in [-0.4, -0.2) is 35.4 Å². The van der Waals surface area contributed by atoms with E-state index in [9.17, 15) is 19.2 Å². The standard InChI is InChI=1S/C16H14Cl2N2O4/c17-15(23)9-5-13(21)19(7-9)11-1-2-12(4-3-11)20-8-10(16(18)24)6-14(20)22/h1-4,9-10H,5-8H2. The molecule has 3 rings (SSSR count). The number of hydrogen-bond donors (Lipinski definition) is 0. The van der Waals surface area contributed by atoms with Crippen molar-refractivity contribution in [3.63, 3.8) is 0 Å². The lowest BCUT2D eigenvalue weighted by Crippen LogP contribution is -2.26. The minimum atomic E-state index is -0.512. The van der Waals surface area contributed by atoms with Gasteiger partial charge in [-0.25, -0.2) is 0 Å². The Labute approximate surface area is 148 Å². The van der Waals surface area contributed by atoms with E-state index >= 15 is 0 Å². The molecule has 1 aromatic carbocycles. The Kier molecular flexibility index (Phi) is 4.60. The van der Waals surface area contributed by atoms with Crippen molar-refractivity contribution in [2.45, 2.75) is 12.8 Å². The second kappa shape index (κ2) is 6.53. The van der Waals surface area contributed by atoms with Crippen LogP contribution >= 0.6 is 23.2 Å². The van der Waals surface area contributed by atoms with E-state index in [1.807, 2.05) is 0 Å². The molecule has 0 bridgehead atoms. The third kappa shape index (κ3) is 3.16. The first-order chi connectivity index (χ1) is 11.4. The largest absolute Gasteiger partial charge is 0.312 e. The molecule has 1 aromatic rings. The highest BCUT2D eigenvalue weighted by atomic mass is 35.5. The van der Waals surface area contributed by atoms with E-state index in [1.165, 1.54) is 9.80 Å². The van der Waals surface area contributed by atoms with Crippen LogP contribution in [-0.2, 0) is 19.2 Å². The van der Waals surface area contributed by atoms with Gasteiger partial charge in [0.2, 0.25) is 22.3 Å². The lowest BCUT2D eigenvalue weighted by atomic mass is 10.1. The summed E-state index contributed by atoms with van der Waals surface area (Å²) in [5.41, 5.74) is 1.28. The first-order valence-corrected chi connectivity index (χ1v) is 8.22. The molecule has 2 aliphatic heterocycles. The van der Waals surface area contributed by atoms with Gasteiger partial charge in [-0.2, -0.15) is 0 Å². The summed E-state index contributed by atoms with van der Waals surface area (Å²) in [6.07, 6.45) is 0.211. The fourth-order valence-corrected chi connectivity index (χ4v) is 3.32. The molecular formula is C16H14Cl2N2O4. The topological polar surface area (TPSA) is 74.8 Å². The summed E-state index contributed by atoms with van der Waals surface area (Å²) < 4.78 is 0. The maximum Gasteiger partial charge on any atom is 0.227 e. The number of halogens is 2. The maximum absolute atomic E-state index is 12.0. The molecule has 0 N–H and O–H groups in total. The van der Waals surface area contributed by atoms with Crippen molar-refractivity contribution in [3.05, 3.63) is 24.3 Å². The van der Waals surface area contributed by atoms with E-state index in [0.717, 1.165) is 0 Å². The lowest BCUT2D eigenvalue weighted by Gasteiger charge is -2.20. The second-order valence-electron chi connectivity index (χ2n) is 5.94. The lowest BCUT2D eigenvalue weighted by molar-refractivity contribution is -0.120. The predicted octanol–water partition coefficient (Wildman–Crippen LogP) is 1.92. The molecule has 2 fully saturated rings. The van der Waals surface area contributed by atoms with Gasteiger partial charge in [0.1, 0.15) is 0 Å². The van der Waals surface area contributed by atoms with Crippen molar-refractivity contribution in [3.8, 4) is 0 Å². The molecule has 2 atom stereocenters. The van der Waals surface area contributed by atoms with Crippen molar-refractivity contribution < 1.29 is 19.2 Å². The molecule has 2 unspecified atom stereocenters. The molecule has 0 saturated carbocycles. The van der Waals surface area contributed by atoms with Crippen LogP contribution < -0.4 is 9.80 Å². The Balaban J connectivity index is 1.75. The molecular weight excluding hydrogens is 355 g/mol. The van der Waals surface area contributed by atoms with Crippen LogP contribution in [0, 0.1) is 11.8 Å². The summed E-state index contributed by atoms with van der Waals surface area (Å²) in [5.74, 6) is -1.30. The Morgan fingerprint density at radius 3 is 1.38 bits per heavy atom. The first kappa shape index (κ1) is 16.9. The molecule has 2 heterocycles. The van der Waals surface area contributed by atoms with Crippen LogP contribution in [0.3, 0.4) is 0 Å². The summed E-state index contributed by atoms with van der Waals surface area (Å²) in [5, 5.41) is -1.02. The van der Waals surface area contributed by atoms with Crippen molar-refractivity contribution in [2.75, 3.05) is 22.9 Å². The summed E-state index contributed by atoms with van der Waals surface area (Å²) in [6.45, 7) is 0.512. The van der Waals surface area contributed by atoms with Crippen molar-refractivity contribution in [1.29, 1.82) is 0 Å². The average molecular weight is 369 g/mol. The molecule has 0 radical (unpaired) electrons. The predicted molar refractivity (Wildman–Crippen MR) is 89.1 cm³/mol. The SMILES string of the molecule is O=C(Cl)C1CC(=O)N(c2ccc(N3CC(C(=O)Cl)CC3=O)cc2)C1. The molecule has 8 heteroatoms. The van der Waals surface area contributed by atoms with Gasteiger partial charge in [0.25, 0.3) is 0 Å². The van der Waals surface area contributed by atoms with E-state index in [1.54, 1.807) is 24.3 Å². The van der Waals surface area contributed by atoms with E-state index in [0.29, 0.717) is 11.4 Å². The zero-order chi connectivity index (χ0) is 17.4. The number of nitrogens with zero attached hydrogens (tertiary/aromatic N) is 2. The maximum atomic E-state index is 12.0. The highest BCUT2D eigenvalue weighted by Gasteiger charge is 2.36. The van der Waals surface area contributed by atoms with Gasteiger partial charge >= 0.3 is 0 Å². The molecule has 0 spiro atoms. The number of amides is 2. The molecule has 2 aliphatic rings.